The number of rotatable bonds is 2. The second-order valence-electron chi connectivity index (χ2n) is 5.77. The second kappa shape index (κ2) is 5.30. The van der Waals surface area contributed by atoms with Gasteiger partial charge in [-0.15, -0.1) is 0 Å². The van der Waals surface area contributed by atoms with Gasteiger partial charge in [0.25, 0.3) is 0 Å². The summed E-state index contributed by atoms with van der Waals surface area (Å²) in [7, 11) is 0. The summed E-state index contributed by atoms with van der Waals surface area (Å²) < 4.78 is 43.6. The molecule has 3 heterocycles. The third-order valence-electron chi connectivity index (χ3n) is 4.18. The number of halogens is 3. The van der Waals surface area contributed by atoms with Gasteiger partial charge in [-0.3, -0.25) is 4.40 Å². The Hall–Kier alpha value is -2.90. The Balaban J connectivity index is 2.14. The molecule has 0 fully saturated rings. The Labute approximate surface area is 140 Å². The van der Waals surface area contributed by atoms with Crippen LogP contribution in [0.25, 0.3) is 22.5 Å². The Morgan fingerprint density at radius 1 is 1.16 bits per heavy atom. The molecule has 0 N–H and O–H groups in total. The van der Waals surface area contributed by atoms with Crippen molar-refractivity contribution in [1.82, 2.24) is 24.1 Å². The van der Waals surface area contributed by atoms with Crippen molar-refractivity contribution in [1.29, 1.82) is 0 Å². The third-order valence-corrected chi connectivity index (χ3v) is 4.18. The van der Waals surface area contributed by atoms with Crippen molar-refractivity contribution in [2.75, 3.05) is 0 Å². The van der Waals surface area contributed by atoms with E-state index in [4.69, 9.17) is 0 Å². The first kappa shape index (κ1) is 15.6. The topological polar surface area (TPSA) is 48.0 Å². The van der Waals surface area contributed by atoms with Crippen LogP contribution >= 0.6 is 0 Å². The van der Waals surface area contributed by atoms with Crippen LogP contribution in [0.1, 0.15) is 23.9 Å². The van der Waals surface area contributed by atoms with Crippen LogP contribution in [-0.4, -0.2) is 24.1 Å². The molecule has 0 saturated carbocycles. The van der Waals surface area contributed by atoms with Gasteiger partial charge in [0, 0.05) is 11.6 Å². The average Bonchev–Trinajstić information content (AvgIpc) is 3.15. The van der Waals surface area contributed by atoms with Crippen molar-refractivity contribution >= 4 is 16.6 Å². The van der Waals surface area contributed by atoms with E-state index in [1.54, 1.807) is 13.1 Å². The van der Waals surface area contributed by atoms with Gasteiger partial charge in [0.05, 0.1) is 17.4 Å². The van der Waals surface area contributed by atoms with Crippen LogP contribution in [0.4, 0.5) is 13.2 Å². The molecule has 0 aliphatic heterocycles. The first-order valence-corrected chi connectivity index (χ1v) is 7.79. The minimum atomic E-state index is -4.54. The van der Waals surface area contributed by atoms with Gasteiger partial charge in [0.1, 0.15) is 5.65 Å². The fraction of sp³-hybridized carbons (Fsp3) is 0.235. The van der Waals surface area contributed by atoms with Crippen LogP contribution in [0, 0.1) is 6.92 Å². The molecule has 4 aromatic rings. The van der Waals surface area contributed by atoms with E-state index in [1.807, 2.05) is 25.1 Å². The molecule has 8 heteroatoms. The molecule has 0 unspecified atom stereocenters. The normalized spacial score (nSPS) is 12.4. The highest BCUT2D eigenvalue weighted by Crippen LogP contribution is 2.34. The van der Waals surface area contributed by atoms with Crippen LogP contribution in [0.5, 0.6) is 0 Å². The lowest BCUT2D eigenvalue weighted by molar-refractivity contribution is -0.142. The van der Waals surface area contributed by atoms with E-state index in [1.165, 1.54) is 16.9 Å². The first-order valence-electron chi connectivity index (χ1n) is 7.79. The summed E-state index contributed by atoms with van der Waals surface area (Å²) in [5, 5.41) is 5.11. The summed E-state index contributed by atoms with van der Waals surface area (Å²) in [5.74, 6) is 0.0707. The fourth-order valence-electron chi connectivity index (χ4n) is 3.12. The molecule has 4 rings (SSSR count). The number of nitrogens with zero attached hydrogens (tertiary/aromatic N) is 5. The largest absolute Gasteiger partial charge is 0.433 e. The molecule has 5 nitrogen and oxygen atoms in total. The lowest BCUT2D eigenvalue weighted by atomic mass is 10.2. The Bertz CT molecular complexity index is 1090. The van der Waals surface area contributed by atoms with Gasteiger partial charge in [-0.25, -0.2) is 9.97 Å². The summed E-state index contributed by atoms with van der Waals surface area (Å²) in [5.41, 5.74) is 1.02. The summed E-state index contributed by atoms with van der Waals surface area (Å²) in [6.07, 6.45) is -1.30. The molecule has 1 aromatic carbocycles. The van der Waals surface area contributed by atoms with Gasteiger partial charge in [-0.1, -0.05) is 25.1 Å². The van der Waals surface area contributed by atoms with Crippen molar-refractivity contribution in [2.24, 2.45) is 0 Å². The predicted molar refractivity (Wildman–Crippen MR) is 86.7 cm³/mol. The monoisotopic (exact) mass is 345 g/mol. The van der Waals surface area contributed by atoms with E-state index in [0.717, 1.165) is 20.9 Å². The molecule has 0 saturated heterocycles. The highest BCUT2D eigenvalue weighted by molar-refractivity contribution is 5.83. The number of alkyl halides is 3. The molecule has 0 aliphatic carbocycles. The molecule has 0 bridgehead atoms. The van der Waals surface area contributed by atoms with Crippen LogP contribution in [-0.2, 0) is 12.6 Å². The van der Waals surface area contributed by atoms with Crippen molar-refractivity contribution in [3.8, 4) is 5.95 Å². The van der Waals surface area contributed by atoms with Crippen LogP contribution in [0.3, 0.4) is 0 Å². The number of fused-ring (bicyclic) bond motifs is 2. The van der Waals surface area contributed by atoms with Gasteiger partial charge in [-0.05, 0) is 25.0 Å². The molecule has 25 heavy (non-hydrogen) atoms. The summed E-state index contributed by atoms with van der Waals surface area (Å²) >= 11 is 0. The van der Waals surface area contributed by atoms with Gasteiger partial charge < -0.3 is 0 Å². The lowest BCUT2D eigenvalue weighted by Gasteiger charge is -2.12. The predicted octanol–water partition coefficient (Wildman–Crippen LogP) is 3.96. The minimum absolute atomic E-state index is 0.00469. The quantitative estimate of drug-likeness (QED) is 0.552. The highest BCUT2D eigenvalue weighted by Gasteiger charge is 2.39. The van der Waals surface area contributed by atoms with E-state index in [2.05, 4.69) is 15.1 Å². The summed E-state index contributed by atoms with van der Waals surface area (Å²) in [6, 6.07) is 7.10. The number of aryl methyl sites for hydroxylation is 2. The summed E-state index contributed by atoms with van der Waals surface area (Å²) in [4.78, 5) is 8.32. The van der Waals surface area contributed by atoms with Crippen LogP contribution in [0.15, 0.2) is 36.7 Å². The van der Waals surface area contributed by atoms with Gasteiger partial charge in [-0.2, -0.15) is 23.0 Å². The number of aromatic nitrogens is 5. The minimum Gasteiger partial charge on any atom is -0.256 e. The standard InChI is InChI=1S/C17H14F3N5/c1-3-12-15(17(18,19)20)24-13(23-12)7-8-21-16(24)25-14-10(2)5-4-6-11(14)9-22-25/h4-9H,3H2,1-2H3. The SMILES string of the molecule is CCc1nc2ccnc(-n3ncc4cccc(C)c43)n2c1C(F)(F)F. The first-order chi connectivity index (χ1) is 11.9. The van der Waals surface area contributed by atoms with Crippen molar-refractivity contribution < 1.29 is 13.2 Å². The van der Waals surface area contributed by atoms with Crippen molar-refractivity contribution in [3.05, 3.63) is 53.6 Å². The van der Waals surface area contributed by atoms with Crippen molar-refractivity contribution in [3.63, 3.8) is 0 Å². The molecule has 0 atom stereocenters. The molecule has 0 spiro atoms. The molecule has 3 aromatic heterocycles. The van der Waals surface area contributed by atoms with Crippen LogP contribution in [0.2, 0.25) is 0 Å². The number of hydrogen-bond acceptors (Lipinski definition) is 3. The molecule has 128 valence electrons. The third kappa shape index (κ3) is 2.28. The maximum Gasteiger partial charge on any atom is 0.433 e. The second-order valence-corrected chi connectivity index (χ2v) is 5.77. The number of para-hydroxylation sites is 1. The number of hydrogen-bond donors (Lipinski definition) is 0. The summed E-state index contributed by atoms with van der Waals surface area (Å²) in [6.45, 7) is 3.54. The van der Waals surface area contributed by atoms with Gasteiger partial charge in [0.15, 0.2) is 5.69 Å². The smallest absolute Gasteiger partial charge is 0.256 e. The van der Waals surface area contributed by atoms with Crippen molar-refractivity contribution in [2.45, 2.75) is 26.4 Å². The number of benzene rings is 1. The molecule has 0 amide bonds. The Kier molecular flexibility index (Phi) is 3.31. The molecular formula is C17H14F3N5. The van der Waals surface area contributed by atoms with E-state index >= 15 is 0 Å². The van der Waals surface area contributed by atoms with E-state index in [-0.39, 0.29) is 23.7 Å². The Morgan fingerprint density at radius 3 is 2.68 bits per heavy atom. The maximum absolute atomic E-state index is 13.7. The average molecular weight is 345 g/mol. The zero-order chi connectivity index (χ0) is 17.8. The van der Waals surface area contributed by atoms with Crippen LogP contribution < -0.4 is 0 Å². The highest BCUT2D eigenvalue weighted by atomic mass is 19.4. The zero-order valence-corrected chi connectivity index (χ0v) is 13.5. The number of imidazole rings is 1. The Morgan fingerprint density at radius 2 is 1.96 bits per heavy atom. The lowest BCUT2D eigenvalue weighted by Crippen LogP contribution is -2.16. The zero-order valence-electron chi connectivity index (χ0n) is 13.5. The van der Waals surface area contributed by atoms with Gasteiger partial charge >= 0.3 is 6.18 Å². The van der Waals surface area contributed by atoms with E-state index in [9.17, 15) is 13.2 Å². The maximum atomic E-state index is 13.7. The molecular weight excluding hydrogens is 331 g/mol. The molecule has 0 aliphatic rings. The fourth-order valence-corrected chi connectivity index (χ4v) is 3.12. The molecule has 0 radical (unpaired) electrons. The van der Waals surface area contributed by atoms with Gasteiger partial charge in [0.2, 0.25) is 5.95 Å². The van der Waals surface area contributed by atoms with E-state index < -0.39 is 11.9 Å². The van der Waals surface area contributed by atoms with E-state index in [0.29, 0.717) is 0 Å².